The average Bonchev–Trinajstić information content (AvgIpc) is 2.91. The molecule has 0 aliphatic carbocycles. The molecule has 1 saturated heterocycles. The highest BCUT2D eigenvalue weighted by Crippen LogP contribution is 2.51. The van der Waals surface area contributed by atoms with Crippen molar-refractivity contribution in [3.8, 4) is 0 Å². The van der Waals surface area contributed by atoms with Gasteiger partial charge in [-0.05, 0) is 17.5 Å². The van der Waals surface area contributed by atoms with Crippen LogP contribution in [0.15, 0.2) is 60.7 Å². The highest BCUT2D eigenvalue weighted by molar-refractivity contribution is 8.23. The monoisotopic (exact) mass is 327 g/mol. The van der Waals surface area contributed by atoms with Gasteiger partial charge in [0.1, 0.15) is 4.32 Å². The van der Waals surface area contributed by atoms with E-state index < -0.39 is 0 Å². The summed E-state index contributed by atoms with van der Waals surface area (Å²) in [4.78, 5) is 2.43. The van der Waals surface area contributed by atoms with E-state index in [2.05, 4.69) is 72.5 Å². The van der Waals surface area contributed by atoms with E-state index in [0.717, 1.165) is 10.9 Å². The van der Waals surface area contributed by atoms with E-state index in [4.69, 9.17) is 12.2 Å². The molecule has 0 amide bonds. The molecular weight excluding hydrogens is 306 g/mol. The maximum Gasteiger partial charge on any atom is 0.137 e. The number of thioether (sulfide) groups is 1. The van der Waals surface area contributed by atoms with Gasteiger partial charge in [0.2, 0.25) is 0 Å². The number of hydrogen-bond donors (Lipinski definition) is 0. The van der Waals surface area contributed by atoms with Crippen LogP contribution in [0.25, 0.3) is 0 Å². The van der Waals surface area contributed by atoms with Crippen molar-refractivity contribution in [2.24, 2.45) is 0 Å². The Morgan fingerprint density at radius 3 is 2.14 bits per heavy atom. The van der Waals surface area contributed by atoms with Crippen molar-refractivity contribution in [1.29, 1.82) is 0 Å². The SMILES string of the molecule is CCCCN1C(=S)S[C@H](c2ccccc2)[C@H]1c1ccccc1. The molecule has 2 atom stereocenters. The molecule has 1 fully saturated rings. The van der Waals surface area contributed by atoms with Crippen LogP contribution in [0.1, 0.15) is 42.2 Å². The topological polar surface area (TPSA) is 3.24 Å². The van der Waals surface area contributed by atoms with E-state index in [1.807, 2.05) is 11.8 Å². The lowest BCUT2D eigenvalue weighted by molar-refractivity contribution is 0.326. The van der Waals surface area contributed by atoms with Crippen molar-refractivity contribution in [3.63, 3.8) is 0 Å². The van der Waals surface area contributed by atoms with Crippen molar-refractivity contribution in [2.75, 3.05) is 6.54 Å². The molecule has 0 radical (unpaired) electrons. The average molecular weight is 328 g/mol. The zero-order valence-corrected chi connectivity index (χ0v) is 14.4. The quantitative estimate of drug-likeness (QED) is 0.658. The predicted molar refractivity (Wildman–Crippen MR) is 100 cm³/mol. The fraction of sp³-hybridized carbons (Fsp3) is 0.316. The largest absolute Gasteiger partial charge is 0.349 e. The first-order chi connectivity index (χ1) is 10.8. The second-order valence-electron chi connectivity index (χ2n) is 5.62. The molecular formula is C19H21NS2. The summed E-state index contributed by atoms with van der Waals surface area (Å²) in [6, 6.07) is 21.9. The van der Waals surface area contributed by atoms with Crippen molar-refractivity contribution in [2.45, 2.75) is 31.1 Å². The molecule has 0 N–H and O–H groups in total. The van der Waals surface area contributed by atoms with Crippen LogP contribution in [0.2, 0.25) is 0 Å². The van der Waals surface area contributed by atoms with Crippen molar-refractivity contribution >= 4 is 28.3 Å². The third-order valence-corrected chi connectivity index (χ3v) is 5.85. The number of hydrogen-bond acceptors (Lipinski definition) is 2. The normalized spacial score (nSPS) is 21.3. The van der Waals surface area contributed by atoms with E-state index >= 15 is 0 Å². The van der Waals surface area contributed by atoms with Crippen molar-refractivity contribution in [3.05, 3.63) is 71.8 Å². The lowest BCUT2D eigenvalue weighted by Crippen LogP contribution is -2.28. The maximum atomic E-state index is 5.70. The standard InChI is InChI=1S/C19H21NS2/c1-2-3-14-20-17(15-10-6-4-7-11-15)18(22-19(20)21)16-12-8-5-9-13-16/h4-13,17-18H,2-3,14H2,1H3/t17-,18-/m1/s1. The van der Waals surface area contributed by atoms with Crippen LogP contribution in [0.4, 0.5) is 0 Å². The van der Waals surface area contributed by atoms with Crippen LogP contribution in [-0.2, 0) is 0 Å². The van der Waals surface area contributed by atoms with Crippen molar-refractivity contribution in [1.82, 2.24) is 4.90 Å². The smallest absolute Gasteiger partial charge is 0.137 e. The Morgan fingerprint density at radius 1 is 0.955 bits per heavy atom. The van der Waals surface area contributed by atoms with E-state index in [1.54, 1.807) is 0 Å². The Morgan fingerprint density at radius 2 is 1.55 bits per heavy atom. The molecule has 2 aromatic rings. The lowest BCUT2D eigenvalue weighted by Gasteiger charge is -2.29. The van der Waals surface area contributed by atoms with E-state index in [0.29, 0.717) is 11.3 Å². The lowest BCUT2D eigenvalue weighted by atomic mass is 9.97. The maximum absolute atomic E-state index is 5.70. The summed E-state index contributed by atoms with van der Waals surface area (Å²) in [7, 11) is 0. The van der Waals surface area contributed by atoms with E-state index in [1.165, 1.54) is 24.0 Å². The molecule has 1 heterocycles. The second kappa shape index (κ2) is 7.30. The van der Waals surface area contributed by atoms with Gasteiger partial charge in [-0.15, -0.1) is 0 Å². The molecule has 1 aliphatic heterocycles. The fourth-order valence-corrected chi connectivity index (χ4v) is 4.77. The molecule has 0 unspecified atom stereocenters. The molecule has 1 nitrogen and oxygen atoms in total. The number of unbranched alkanes of at least 4 members (excludes halogenated alkanes) is 1. The molecule has 22 heavy (non-hydrogen) atoms. The molecule has 3 heteroatoms. The highest BCUT2D eigenvalue weighted by Gasteiger charge is 2.39. The summed E-state index contributed by atoms with van der Waals surface area (Å²) in [5.41, 5.74) is 2.72. The first-order valence-corrected chi connectivity index (χ1v) is 9.17. The summed E-state index contributed by atoms with van der Waals surface area (Å²) < 4.78 is 1.04. The molecule has 0 aromatic heterocycles. The van der Waals surface area contributed by atoms with Crippen LogP contribution in [-0.4, -0.2) is 15.8 Å². The van der Waals surface area contributed by atoms with Gasteiger partial charge in [0.05, 0.1) is 11.3 Å². The van der Waals surface area contributed by atoms with Gasteiger partial charge in [0.15, 0.2) is 0 Å². The van der Waals surface area contributed by atoms with Crippen LogP contribution >= 0.6 is 24.0 Å². The van der Waals surface area contributed by atoms with Crippen molar-refractivity contribution < 1.29 is 0 Å². The van der Waals surface area contributed by atoms with Gasteiger partial charge in [-0.2, -0.15) is 0 Å². The number of thiocarbonyl (C=S) groups is 1. The minimum atomic E-state index is 0.340. The number of nitrogens with zero attached hydrogens (tertiary/aromatic N) is 1. The van der Waals surface area contributed by atoms with Gasteiger partial charge in [0, 0.05) is 6.54 Å². The summed E-state index contributed by atoms with van der Waals surface area (Å²) in [5.74, 6) is 0. The minimum absolute atomic E-state index is 0.340. The first kappa shape index (κ1) is 15.6. The van der Waals surface area contributed by atoms with Gasteiger partial charge in [-0.1, -0.05) is 98.0 Å². The molecule has 0 spiro atoms. The van der Waals surface area contributed by atoms with E-state index in [9.17, 15) is 0 Å². The molecule has 0 saturated carbocycles. The number of benzene rings is 2. The molecule has 2 aromatic carbocycles. The fourth-order valence-electron chi connectivity index (χ4n) is 2.97. The molecule has 114 valence electrons. The zero-order valence-electron chi connectivity index (χ0n) is 12.8. The number of rotatable bonds is 5. The molecule has 0 bridgehead atoms. The van der Waals surface area contributed by atoms with Gasteiger partial charge in [-0.3, -0.25) is 0 Å². The Bertz CT molecular complexity index is 612. The van der Waals surface area contributed by atoms with Crippen LogP contribution < -0.4 is 0 Å². The summed E-state index contributed by atoms with van der Waals surface area (Å²) >= 11 is 7.53. The minimum Gasteiger partial charge on any atom is -0.349 e. The van der Waals surface area contributed by atoms with Gasteiger partial charge in [-0.25, -0.2) is 0 Å². The predicted octanol–water partition coefficient (Wildman–Crippen LogP) is 5.60. The highest BCUT2D eigenvalue weighted by atomic mass is 32.2. The zero-order chi connectivity index (χ0) is 15.4. The third kappa shape index (κ3) is 3.21. The molecule has 1 aliphatic rings. The van der Waals surface area contributed by atoms with Gasteiger partial charge < -0.3 is 4.90 Å². The Labute approximate surface area is 142 Å². The molecule has 3 rings (SSSR count). The second-order valence-corrected chi connectivity index (χ2v) is 7.39. The van der Waals surface area contributed by atoms with Crippen LogP contribution in [0, 0.1) is 0 Å². The Hall–Kier alpha value is -1.32. The summed E-state index contributed by atoms with van der Waals surface area (Å²) in [6.07, 6.45) is 2.38. The van der Waals surface area contributed by atoms with Crippen LogP contribution in [0.3, 0.4) is 0 Å². The Balaban J connectivity index is 1.97. The first-order valence-electron chi connectivity index (χ1n) is 7.88. The van der Waals surface area contributed by atoms with Crippen LogP contribution in [0.5, 0.6) is 0 Å². The summed E-state index contributed by atoms with van der Waals surface area (Å²) in [6.45, 7) is 3.28. The third-order valence-electron chi connectivity index (χ3n) is 4.11. The van der Waals surface area contributed by atoms with Gasteiger partial charge in [0.25, 0.3) is 0 Å². The van der Waals surface area contributed by atoms with E-state index in [-0.39, 0.29) is 0 Å². The summed E-state index contributed by atoms with van der Waals surface area (Å²) in [5, 5.41) is 0.382. The van der Waals surface area contributed by atoms with Gasteiger partial charge >= 0.3 is 0 Å². The Kier molecular flexibility index (Phi) is 5.16.